The molecule has 63 valence electrons. The molecular formula is C10H6NO2. The van der Waals surface area contributed by atoms with Crippen LogP contribution in [-0.4, -0.2) is 16.1 Å². The van der Waals surface area contributed by atoms with E-state index < -0.39 is 5.97 Å². The van der Waals surface area contributed by atoms with Gasteiger partial charge in [0.05, 0.1) is 11.1 Å². The van der Waals surface area contributed by atoms with Crippen molar-refractivity contribution in [2.24, 2.45) is 0 Å². The van der Waals surface area contributed by atoms with Gasteiger partial charge in [0, 0.05) is 17.6 Å². The minimum atomic E-state index is -0.934. The quantitative estimate of drug-likeness (QED) is 0.712. The van der Waals surface area contributed by atoms with E-state index in [1.807, 2.05) is 0 Å². The predicted molar refractivity (Wildman–Crippen MR) is 47.5 cm³/mol. The number of nitrogens with zero attached hydrogens (tertiary/aromatic N) is 1. The second kappa shape index (κ2) is 2.86. The Balaban J connectivity index is 2.69. The third-order valence-electron chi connectivity index (χ3n) is 1.79. The summed E-state index contributed by atoms with van der Waals surface area (Å²) < 4.78 is 0. The average molecular weight is 172 g/mol. The van der Waals surface area contributed by atoms with Crippen LogP contribution in [0.1, 0.15) is 10.4 Å². The fourth-order valence-corrected chi connectivity index (χ4v) is 1.14. The van der Waals surface area contributed by atoms with Crippen LogP contribution < -0.4 is 0 Å². The summed E-state index contributed by atoms with van der Waals surface area (Å²) in [6.45, 7) is 0. The smallest absolute Gasteiger partial charge is 0.335 e. The van der Waals surface area contributed by atoms with Crippen LogP contribution in [0.15, 0.2) is 30.5 Å². The summed E-state index contributed by atoms with van der Waals surface area (Å²) in [5.41, 5.74) is 0.935. The Kier molecular flexibility index (Phi) is 1.70. The zero-order valence-corrected chi connectivity index (χ0v) is 6.69. The van der Waals surface area contributed by atoms with E-state index in [1.165, 1.54) is 6.20 Å². The predicted octanol–water partition coefficient (Wildman–Crippen LogP) is 1.73. The molecule has 3 heteroatoms. The number of aromatic carboxylic acids is 1. The van der Waals surface area contributed by atoms with E-state index >= 15 is 0 Å². The molecule has 2 rings (SSSR count). The topological polar surface area (TPSA) is 50.2 Å². The van der Waals surface area contributed by atoms with Gasteiger partial charge in [0.1, 0.15) is 0 Å². The number of fused-ring (bicyclic) bond motifs is 1. The monoisotopic (exact) mass is 172 g/mol. The third-order valence-corrected chi connectivity index (χ3v) is 1.79. The van der Waals surface area contributed by atoms with Gasteiger partial charge in [-0.15, -0.1) is 0 Å². The molecule has 1 radical (unpaired) electrons. The Bertz CT molecular complexity index is 465. The van der Waals surface area contributed by atoms with Crippen LogP contribution in [0.4, 0.5) is 0 Å². The molecule has 1 aromatic heterocycles. The van der Waals surface area contributed by atoms with Crippen LogP contribution in [-0.2, 0) is 0 Å². The van der Waals surface area contributed by atoms with Crippen molar-refractivity contribution < 1.29 is 9.90 Å². The summed E-state index contributed by atoms with van der Waals surface area (Å²) >= 11 is 0. The largest absolute Gasteiger partial charge is 0.478 e. The lowest BCUT2D eigenvalue weighted by molar-refractivity contribution is 0.0697. The molecule has 1 heterocycles. The molecule has 0 aliphatic carbocycles. The van der Waals surface area contributed by atoms with Crippen molar-refractivity contribution in [2.45, 2.75) is 0 Å². The second-order valence-corrected chi connectivity index (χ2v) is 2.65. The number of carboxylic acid groups (broad SMARTS) is 1. The lowest BCUT2D eigenvalue weighted by Gasteiger charge is -1.97. The molecule has 3 nitrogen and oxygen atoms in total. The average Bonchev–Trinajstić information content (AvgIpc) is 2.17. The number of aromatic nitrogens is 1. The lowest BCUT2D eigenvalue weighted by Crippen LogP contribution is -1.95. The molecule has 0 saturated carbocycles. The minimum absolute atomic E-state index is 0.256. The highest BCUT2D eigenvalue weighted by Crippen LogP contribution is 2.12. The zero-order chi connectivity index (χ0) is 9.26. The summed E-state index contributed by atoms with van der Waals surface area (Å²) in [4.78, 5) is 14.6. The van der Waals surface area contributed by atoms with Crippen molar-refractivity contribution in [3.8, 4) is 0 Å². The molecule has 0 aliphatic heterocycles. The molecule has 13 heavy (non-hydrogen) atoms. The van der Waals surface area contributed by atoms with Crippen molar-refractivity contribution in [3.63, 3.8) is 0 Å². The van der Waals surface area contributed by atoms with Crippen LogP contribution in [0.2, 0.25) is 0 Å². The summed E-state index contributed by atoms with van der Waals surface area (Å²) in [6.07, 6.45) is 1.52. The van der Waals surface area contributed by atoms with E-state index in [2.05, 4.69) is 11.1 Å². The number of hydrogen-bond acceptors (Lipinski definition) is 2. The highest BCUT2D eigenvalue weighted by Gasteiger charge is 2.02. The number of hydrogen-bond donors (Lipinski definition) is 1. The molecule has 0 atom stereocenters. The zero-order valence-electron chi connectivity index (χ0n) is 6.69. The van der Waals surface area contributed by atoms with Crippen molar-refractivity contribution in [1.82, 2.24) is 4.98 Å². The fraction of sp³-hybridized carbons (Fsp3) is 0. The van der Waals surface area contributed by atoms with Gasteiger partial charge in [-0.2, -0.15) is 0 Å². The molecule has 0 aliphatic rings. The van der Waals surface area contributed by atoms with E-state index in [1.54, 1.807) is 24.3 Å². The Morgan fingerprint density at radius 3 is 3.08 bits per heavy atom. The fourth-order valence-electron chi connectivity index (χ4n) is 1.14. The number of carboxylic acids is 1. The first-order valence-corrected chi connectivity index (χ1v) is 3.76. The first-order chi connectivity index (χ1) is 6.27. The van der Waals surface area contributed by atoms with Crippen LogP contribution in [0.25, 0.3) is 10.9 Å². The molecule has 0 amide bonds. The molecule has 0 bridgehead atoms. The number of carbonyl (C=O) groups is 1. The second-order valence-electron chi connectivity index (χ2n) is 2.65. The molecular weight excluding hydrogens is 166 g/mol. The minimum Gasteiger partial charge on any atom is -0.478 e. The van der Waals surface area contributed by atoms with Crippen molar-refractivity contribution >= 4 is 16.9 Å². The summed E-state index contributed by atoms with van der Waals surface area (Å²) in [6, 6.07) is 9.42. The number of rotatable bonds is 1. The Hall–Kier alpha value is -1.90. The highest BCUT2D eigenvalue weighted by atomic mass is 16.4. The highest BCUT2D eigenvalue weighted by molar-refractivity contribution is 5.92. The summed E-state index contributed by atoms with van der Waals surface area (Å²) in [5, 5.41) is 9.60. The summed E-state index contributed by atoms with van der Waals surface area (Å²) in [5.74, 6) is -0.934. The van der Waals surface area contributed by atoms with Crippen molar-refractivity contribution in [2.75, 3.05) is 0 Å². The Morgan fingerprint density at radius 2 is 2.31 bits per heavy atom. The molecule has 0 fully saturated rings. The van der Waals surface area contributed by atoms with E-state index in [4.69, 9.17) is 5.11 Å². The molecule has 2 aromatic rings. The van der Waals surface area contributed by atoms with Gasteiger partial charge in [-0.05, 0) is 18.2 Å². The lowest BCUT2D eigenvalue weighted by atomic mass is 10.1. The van der Waals surface area contributed by atoms with Crippen LogP contribution in [0, 0.1) is 6.07 Å². The van der Waals surface area contributed by atoms with Gasteiger partial charge in [0.15, 0.2) is 0 Å². The van der Waals surface area contributed by atoms with Crippen LogP contribution >= 0.6 is 0 Å². The van der Waals surface area contributed by atoms with E-state index in [0.29, 0.717) is 5.52 Å². The van der Waals surface area contributed by atoms with E-state index in [-0.39, 0.29) is 5.56 Å². The van der Waals surface area contributed by atoms with Gasteiger partial charge in [-0.1, -0.05) is 6.07 Å². The van der Waals surface area contributed by atoms with Crippen LogP contribution in [0.5, 0.6) is 0 Å². The Morgan fingerprint density at radius 1 is 1.46 bits per heavy atom. The summed E-state index contributed by atoms with van der Waals surface area (Å²) in [7, 11) is 0. The van der Waals surface area contributed by atoms with Crippen molar-refractivity contribution in [3.05, 3.63) is 42.1 Å². The van der Waals surface area contributed by atoms with Crippen molar-refractivity contribution in [1.29, 1.82) is 0 Å². The standard InChI is InChI=1S/C10H6NO2/c12-10(13)8-4-3-7-2-1-5-11-9(7)6-8/h2-6H,(H,12,13). The molecule has 1 aromatic carbocycles. The molecule has 0 spiro atoms. The van der Waals surface area contributed by atoms with Gasteiger partial charge in [-0.25, -0.2) is 4.79 Å². The van der Waals surface area contributed by atoms with E-state index in [9.17, 15) is 4.79 Å². The normalized spacial score (nSPS) is 10.2. The van der Waals surface area contributed by atoms with Gasteiger partial charge in [0.2, 0.25) is 0 Å². The van der Waals surface area contributed by atoms with E-state index in [0.717, 1.165) is 5.39 Å². The Labute approximate surface area is 74.7 Å². The maximum atomic E-state index is 10.6. The SMILES string of the molecule is O=C(O)c1ccc2c[c]cnc2c1. The van der Waals surface area contributed by atoms with Crippen LogP contribution in [0.3, 0.4) is 0 Å². The van der Waals surface area contributed by atoms with Gasteiger partial charge in [0.25, 0.3) is 0 Å². The van der Waals surface area contributed by atoms with Gasteiger partial charge >= 0.3 is 5.97 Å². The number of pyridine rings is 1. The molecule has 1 N–H and O–H groups in total. The first-order valence-electron chi connectivity index (χ1n) is 3.76. The maximum absolute atomic E-state index is 10.6. The molecule has 0 unspecified atom stereocenters. The maximum Gasteiger partial charge on any atom is 0.335 e. The molecule has 0 saturated heterocycles. The first kappa shape index (κ1) is 7.73. The van der Waals surface area contributed by atoms with Gasteiger partial charge < -0.3 is 5.11 Å². The van der Waals surface area contributed by atoms with Gasteiger partial charge in [-0.3, -0.25) is 4.98 Å². The number of benzene rings is 1. The third kappa shape index (κ3) is 1.36.